The monoisotopic (exact) mass is 419 g/mol. The Morgan fingerprint density at radius 3 is 2.84 bits per heavy atom. The van der Waals surface area contributed by atoms with Gasteiger partial charge in [0.2, 0.25) is 0 Å². The van der Waals surface area contributed by atoms with Crippen LogP contribution in [0.25, 0.3) is 33.2 Å². The number of amides is 1. The van der Waals surface area contributed by atoms with Crippen molar-refractivity contribution < 1.29 is 9.53 Å². The van der Waals surface area contributed by atoms with E-state index in [1.165, 1.54) is 6.33 Å². The minimum atomic E-state index is -0.496. The van der Waals surface area contributed by atoms with Gasteiger partial charge in [0, 0.05) is 48.2 Å². The maximum atomic E-state index is 12.2. The van der Waals surface area contributed by atoms with E-state index in [-0.39, 0.29) is 12.0 Å². The van der Waals surface area contributed by atoms with Crippen molar-refractivity contribution in [1.29, 1.82) is 0 Å². The maximum Gasteiger partial charge on any atom is 0.410 e. The van der Waals surface area contributed by atoms with Crippen molar-refractivity contribution in [3.8, 4) is 11.3 Å². The molecule has 0 unspecified atom stereocenters. The Morgan fingerprint density at radius 1 is 1.26 bits per heavy atom. The van der Waals surface area contributed by atoms with Gasteiger partial charge in [0.1, 0.15) is 23.4 Å². The number of nitrogens with two attached hydrogens (primary N) is 1. The number of nitrogens with one attached hydrogen (secondary N) is 1. The molecule has 9 nitrogen and oxygen atoms in total. The van der Waals surface area contributed by atoms with Gasteiger partial charge in [-0.05, 0) is 39.0 Å². The van der Waals surface area contributed by atoms with Gasteiger partial charge in [-0.3, -0.25) is 0 Å². The number of anilines is 1. The van der Waals surface area contributed by atoms with E-state index in [2.05, 4.69) is 21.0 Å². The van der Waals surface area contributed by atoms with E-state index in [4.69, 9.17) is 15.6 Å². The number of carbonyl (C=O) groups is 1. The van der Waals surface area contributed by atoms with Crippen LogP contribution in [0.2, 0.25) is 0 Å². The first kappa shape index (κ1) is 19.3. The number of likely N-dealkylation sites (tertiary alicyclic amines) is 1. The minimum Gasteiger partial charge on any atom is -0.444 e. The lowest BCUT2D eigenvalue weighted by Crippen LogP contribution is -2.52. The fraction of sp³-hybridized carbons (Fsp3) is 0.364. The van der Waals surface area contributed by atoms with Crippen molar-refractivity contribution in [2.75, 3.05) is 18.8 Å². The van der Waals surface area contributed by atoms with Crippen LogP contribution in [-0.2, 0) is 11.3 Å². The zero-order chi connectivity index (χ0) is 21.8. The summed E-state index contributed by atoms with van der Waals surface area (Å²) < 4.78 is 7.32. The molecule has 5 rings (SSSR count). The third-order valence-corrected chi connectivity index (χ3v) is 5.43. The molecule has 0 saturated carbocycles. The van der Waals surface area contributed by atoms with Gasteiger partial charge in [-0.25, -0.2) is 19.4 Å². The molecule has 9 heteroatoms. The molecule has 0 bridgehead atoms. The first-order chi connectivity index (χ1) is 14.8. The van der Waals surface area contributed by atoms with Crippen LogP contribution < -0.4 is 5.73 Å². The molecule has 0 spiro atoms. The zero-order valence-corrected chi connectivity index (χ0v) is 17.8. The second-order valence-corrected chi connectivity index (χ2v) is 9.02. The molecule has 1 aromatic carbocycles. The number of hydrogen-bond donors (Lipinski definition) is 2. The smallest absolute Gasteiger partial charge is 0.410 e. The zero-order valence-electron chi connectivity index (χ0n) is 17.8. The summed E-state index contributed by atoms with van der Waals surface area (Å²) in [6, 6.07) is 8.15. The molecule has 1 aliphatic rings. The molecule has 0 radical (unpaired) electrons. The van der Waals surface area contributed by atoms with Crippen LogP contribution in [0.4, 0.5) is 10.6 Å². The maximum absolute atomic E-state index is 12.2. The third kappa shape index (κ3) is 3.56. The van der Waals surface area contributed by atoms with Gasteiger partial charge in [0.25, 0.3) is 0 Å². The van der Waals surface area contributed by atoms with Crippen LogP contribution in [-0.4, -0.2) is 54.4 Å². The normalized spacial score (nSPS) is 14.9. The highest BCUT2D eigenvalue weighted by Gasteiger charge is 2.34. The number of hydrogen-bond acceptors (Lipinski definition) is 6. The molecule has 0 atom stereocenters. The van der Waals surface area contributed by atoms with Crippen molar-refractivity contribution in [3.63, 3.8) is 0 Å². The summed E-state index contributed by atoms with van der Waals surface area (Å²) in [7, 11) is 0. The standard InChI is InChI=1S/C22H25N7O2/c1-22(2,3)31-21(30)28-9-13(10-28)11-29-20-17(19(23)25-12-26-20)18(27-29)15-4-5-16-14(8-15)6-7-24-16/h4-8,12-13,24H,9-11H2,1-3H3,(H2,23,25,26). The number of nitrogen functional groups attached to an aromatic ring is 1. The summed E-state index contributed by atoms with van der Waals surface area (Å²) in [5, 5.41) is 6.70. The fourth-order valence-corrected chi connectivity index (χ4v) is 3.97. The number of nitrogens with zero attached hydrogens (tertiary/aromatic N) is 5. The van der Waals surface area contributed by atoms with Gasteiger partial charge in [-0.2, -0.15) is 5.10 Å². The first-order valence-corrected chi connectivity index (χ1v) is 10.3. The van der Waals surface area contributed by atoms with E-state index >= 15 is 0 Å². The summed E-state index contributed by atoms with van der Waals surface area (Å²) in [5.41, 5.74) is 9.21. The average Bonchev–Trinajstić information content (AvgIpc) is 3.27. The number of fused-ring (bicyclic) bond motifs is 2. The van der Waals surface area contributed by atoms with Crippen molar-refractivity contribution in [1.82, 2.24) is 29.6 Å². The van der Waals surface area contributed by atoms with Crippen LogP contribution >= 0.6 is 0 Å². The molecule has 1 aliphatic heterocycles. The molecule has 160 valence electrons. The molecule has 4 heterocycles. The first-order valence-electron chi connectivity index (χ1n) is 10.3. The van der Waals surface area contributed by atoms with Crippen LogP contribution in [0, 0.1) is 5.92 Å². The topological polar surface area (TPSA) is 115 Å². The van der Waals surface area contributed by atoms with E-state index < -0.39 is 5.60 Å². The molecule has 0 aliphatic carbocycles. The lowest BCUT2D eigenvalue weighted by atomic mass is 10.0. The van der Waals surface area contributed by atoms with E-state index in [1.807, 2.05) is 49.8 Å². The minimum absolute atomic E-state index is 0.270. The van der Waals surface area contributed by atoms with Crippen molar-refractivity contribution in [2.45, 2.75) is 32.9 Å². The Balaban J connectivity index is 1.42. The second-order valence-electron chi connectivity index (χ2n) is 9.02. The summed E-state index contributed by atoms with van der Waals surface area (Å²) in [5.74, 6) is 0.677. The van der Waals surface area contributed by atoms with Gasteiger partial charge in [-0.15, -0.1) is 0 Å². The molecule has 4 aromatic rings. The summed E-state index contributed by atoms with van der Waals surface area (Å²) in [4.78, 5) is 25.8. The molecule has 3 N–H and O–H groups in total. The number of rotatable bonds is 3. The van der Waals surface area contributed by atoms with Crippen molar-refractivity contribution >= 4 is 33.8 Å². The molecule has 1 saturated heterocycles. The van der Waals surface area contributed by atoms with Crippen molar-refractivity contribution in [2.24, 2.45) is 5.92 Å². The number of aromatic amines is 1. The van der Waals surface area contributed by atoms with Gasteiger partial charge < -0.3 is 20.4 Å². The van der Waals surface area contributed by atoms with Gasteiger partial charge in [0.05, 0.1) is 5.39 Å². The van der Waals surface area contributed by atoms with E-state index in [1.54, 1.807) is 4.90 Å². The number of benzene rings is 1. The van der Waals surface area contributed by atoms with Crippen LogP contribution in [0.5, 0.6) is 0 Å². The van der Waals surface area contributed by atoms with E-state index in [0.717, 1.165) is 27.5 Å². The molecule has 31 heavy (non-hydrogen) atoms. The lowest BCUT2D eigenvalue weighted by molar-refractivity contribution is -0.00365. The Morgan fingerprint density at radius 2 is 2.06 bits per heavy atom. The Kier molecular flexibility index (Phi) is 4.35. The van der Waals surface area contributed by atoms with Crippen LogP contribution in [0.15, 0.2) is 36.8 Å². The SMILES string of the molecule is CC(C)(C)OC(=O)N1CC(Cn2nc(-c3ccc4[nH]ccc4c3)c3c(N)ncnc32)C1. The third-order valence-electron chi connectivity index (χ3n) is 5.43. The summed E-state index contributed by atoms with van der Waals surface area (Å²) in [6.45, 7) is 7.50. The lowest BCUT2D eigenvalue weighted by Gasteiger charge is -2.39. The number of H-pyrrole nitrogens is 1. The van der Waals surface area contributed by atoms with E-state index in [0.29, 0.717) is 31.1 Å². The van der Waals surface area contributed by atoms with Gasteiger partial charge in [0.15, 0.2) is 5.65 Å². The number of carbonyl (C=O) groups excluding carboxylic acids is 1. The predicted molar refractivity (Wildman–Crippen MR) is 118 cm³/mol. The molecular weight excluding hydrogens is 394 g/mol. The highest BCUT2D eigenvalue weighted by molar-refractivity contribution is 5.99. The number of aromatic nitrogens is 5. The Labute approximate surface area is 179 Å². The average molecular weight is 419 g/mol. The summed E-state index contributed by atoms with van der Waals surface area (Å²) >= 11 is 0. The highest BCUT2D eigenvalue weighted by atomic mass is 16.6. The molecular formula is C22H25N7O2. The Hall–Kier alpha value is -3.62. The largest absolute Gasteiger partial charge is 0.444 e. The quantitative estimate of drug-likeness (QED) is 0.526. The highest BCUT2D eigenvalue weighted by Crippen LogP contribution is 2.32. The van der Waals surface area contributed by atoms with Crippen LogP contribution in [0.1, 0.15) is 20.8 Å². The molecule has 1 fully saturated rings. The van der Waals surface area contributed by atoms with Gasteiger partial charge in [-0.1, -0.05) is 6.07 Å². The second kappa shape index (κ2) is 6.97. The number of ether oxygens (including phenoxy) is 1. The fourth-order valence-electron chi connectivity index (χ4n) is 3.97. The molecule has 1 amide bonds. The van der Waals surface area contributed by atoms with E-state index in [9.17, 15) is 4.79 Å². The van der Waals surface area contributed by atoms with Crippen molar-refractivity contribution in [3.05, 3.63) is 36.8 Å². The van der Waals surface area contributed by atoms with Gasteiger partial charge >= 0.3 is 6.09 Å². The summed E-state index contributed by atoms with van der Waals surface area (Å²) in [6.07, 6.45) is 3.10. The Bertz CT molecular complexity index is 1280. The molecule has 3 aromatic heterocycles. The van der Waals surface area contributed by atoms with Crippen LogP contribution in [0.3, 0.4) is 0 Å². The predicted octanol–water partition coefficient (Wildman–Crippen LogP) is 3.42.